The number of nitrogens with one attached hydrogen (secondary N) is 1. The molecule has 0 saturated carbocycles. The maximum absolute atomic E-state index is 13.2. The molecular formula is C17H18F3N5O2. The quantitative estimate of drug-likeness (QED) is 0.625. The monoisotopic (exact) mass is 381 g/mol. The van der Waals surface area contributed by atoms with Gasteiger partial charge in [-0.2, -0.15) is 13.2 Å². The van der Waals surface area contributed by atoms with E-state index in [4.69, 9.17) is 0 Å². The van der Waals surface area contributed by atoms with Gasteiger partial charge in [0, 0.05) is 13.1 Å². The van der Waals surface area contributed by atoms with Crippen molar-refractivity contribution in [1.29, 1.82) is 0 Å². The zero-order valence-electron chi connectivity index (χ0n) is 14.5. The smallest absolute Gasteiger partial charge is 0.351 e. The van der Waals surface area contributed by atoms with Crippen molar-refractivity contribution in [2.45, 2.75) is 25.9 Å². The fourth-order valence-electron chi connectivity index (χ4n) is 3.05. The number of rotatable bonds is 4. The average molecular weight is 381 g/mol. The van der Waals surface area contributed by atoms with Crippen molar-refractivity contribution in [2.75, 3.05) is 23.3 Å². The highest BCUT2D eigenvalue weighted by atomic mass is 19.4. The van der Waals surface area contributed by atoms with E-state index in [0.29, 0.717) is 19.0 Å². The summed E-state index contributed by atoms with van der Waals surface area (Å²) < 4.78 is 39.6. The van der Waals surface area contributed by atoms with Crippen LogP contribution in [-0.2, 0) is 6.18 Å². The second kappa shape index (κ2) is 7.37. The molecule has 0 bridgehead atoms. The minimum atomic E-state index is -4.60. The molecule has 0 radical (unpaired) electrons. The standard InChI is InChI=1S/C17H18F3N5O2/c1-11-6-8-24(9-7-11)16-14(25(26)27)15(21-10-22-16)23-13-5-3-2-4-12(13)17(18,19)20/h2-5,10-11H,6-9H2,1H3,(H,21,22,23). The summed E-state index contributed by atoms with van der Waals surface area (Å²) >= 11 is 0. The van der Waals surface area contributed by atoms with E-state index in [1.165, 1.54) is 18.2 Å². The largest absolute Gasteiger partial charge is 0.418 e. The third kappa shape index (κ3) is 4.09. The second-order valence-electron chi connectivity index (χ2n) is 6.49. The lowest BCUT2D eigenvalue weighted by molar-refractivity contribution is -0.383. The molecule has 0 spiro atoms. The van der Waals surface area contributed by atoms with E-state index in [0.717, 1.165) is 25.2 Å². The van der Waals surface area contributed by atoms with Crippen molar-refractivity contribution in [1.82, 2.24) is 9.97 Å². The minimum Gasteiger partial charge on any atom is -0.351 e. The van der Waals surface area contributed by atoms with Crippen molar-refractivity contribution in [3.63, 3.8) is 0 Å². The van der Waals surface area contributed by atoms with Gasteiger partial charge in [0.15, 0.2) is 0 Å². The van der Waals surface area contributed by atoms with E-state index >= 15 is 0 Å². The topological polar surface area (TPSA) is 84.2 Å². The van der Waals surface area contributed by atoms with Crippen LogP contribution in [0.3, 0.4) is 0 Å². The molecule has 0 aliphatic carbocycles. The predicted molar refractivity (Wildman–Crippen MR) is 94.0 cm³/mol. The van der Waals surface area contributed by atoms with Gasteiger partial charge in [-0.15, -0.1) is 0 Å². The van der Waals surface area contributed by atoms with Gasteiger partial charge in [0.25, 0.3) is 0 Å². The normalized spacial score (nSPS) is 15.6. The highest BCUT2D eigenvalue weighted by Crippen LogP contribution is 2.39. The summed E-state index contributed by atoms with van der Waals surface area (Å²) in [4.78, 5) is 20.6. The molecule has 3 rings (SSSR count). The van der Waals surface area contributed by atoms with E-state index in [1.807, 2.05) is 0 Å². The van der Waals surface area contributed by atoms with Crippen LogP contribution in [0.4, 0.5) is 36.2 Å². The van der Waals surface area contributed by atoms with Gasteiger partial charge in [-0.1, -0.05) is 19.1 Å². The molecule has 1 N–H and O–H groups in total. The van der Waals surface area contributed by atoms with Gasteiger partial charge < -0.3 is 10.2 Å². The van der Waals surface area contributed by atoms with Crippen LogP contribution in [-0.4, -0.2) is 28.0 Å². The number of nitrogens with zero attached hydrogens (tertiary/aromatic N) is 4. The van der Waals surface area contributed by atoms with Crippen LogP contribution < -0.4 is 10.2 Å². The summed E-state index contributed by atoms with van der Waals surface area (Å²) in [5.74, 6) is 0.368. The zero-order chi connectivity index (χ0) is 19.6. The molecule has 0 unspecified atom stereocenters. The Kier molecular flexibility index (Phi) is 5.15. The predicted octanol–water partition coefficient (Wildman–Crippen LogP) is 4.38. The molecule has 1 aliphatic rings. The van der Waals surface area contributed by atoms with Crippen LogP contribution in [0.15, 0.2) is 30.6 Å². The molecular weight excluding hydrogens is 363 g/mol. The number of hydrogen-bond acceptors (Lipinski definition) is 6. The molecule has 0 atom stereocenters. The summed E-state index contributed by atoms with van der Waals surface area (Å²) in [6.45, 7) is 3.29. The van der Waals surface area contributed by atoms with E-state index in [1.54, 1.807) is 4.90 Å². The Morgan fingerprint density at radius 1 is 1.22 bits per heavy atom. The van der Waals surface area contributed by atoms with Crippen LogP contribution in [0, 0.1) is 16.0 Å². The fraction of sp³-hybridized carbons (Fsp3) is 0.412. The van der Waals surface area contributed by atoms with Crippen molar-refractivity contribution in [3.8, 4) is 0 Å². The molecule has 2 aromatic rings. The van der Waals surface area contributed by atoms with Crippen molar-refractivity contribution in [2.24, 2.45) is 5.92 Å². The Morgan fingerprint density at radius 2 is 1.89 bits per heavy atom. The zero-order valence-corrected chi connectivity index (χ0v) is 14.5. The molecule has 1 aliphatic heterocycles. The summed E-state index contributed by atoms with van der Waals surface area (Å²) in [6.07, 6.45) is -1.75. The van der Waals surface area contributed by atoms with Crippen LogP contribution in [0.25, 0.3) is 0 Å². The average Bonchev–Trinajstić information content (AvgIpc) is 2.61. The molecule has 27 heavy (non-hydrogen) atoms. The number of aromatic nitrogens is 2. The first kappa shape index (κ1) is 18.9. The first-order valence-corrected chi connectivity index (χ1v) is 8.45. The number of para-hydroxylation sites is 1. The van der Waals surface area contributed by atoms with E-state index in [-0.39, 0.29) is 17.3 Å². The number of nitro groups is 1. The molecule has 7 nitrogen and oxygen atoms in total. The summed E-state index contributed by atoms with van der Waals surface area (Å²) in [6, 6.07) is 4.78. The van der Waals surface area contributed by atoms with E-state index in [9.17, 15) is 23.3 Å². The highest BCUT2D eigenvalue weighted by molar-refractivity contribution is 5.75. The van der Waals surface area contributed by atoms with Crippen LogP contribution in [0.5, 0.6) is 0 Å². The lowest BCUT2D eigenvalue weighted by atomic mass is 9.99. The summed E-state index contributed by atoms with van der Waals surface area (Å²) in [7, 11) is 0. The number of alkyl halides is 3. The third-order valence-corrected chi connectivity index (χ3v) is 4.55. The van der Waals surface area contributed by atoms with Crippen LogP contribution in [0.1, 0.15) is 25.3 Å². The van der Waals surface area contributed by atoms with Gasteiger partial charge in [0.05, 0.1) is 16.2 Å². The van der Waals surface area contributed by atoms with Gasteiger partial charge >= 0.3 is 11.9 Å². The fourth-order valence-corrected chi connectivity index (χ4v) is 3.05. The maximum atomic E-state index is 13.2. The number of anilines is 3. The van der Waals surface area contributed by atoms with Gasteiger partial charge in [-0.05, 0) is 30.9 Å². The lowest BCUT2D eigenvalue weighted by Gasteiger charge is -2.30. The van der Waals surface area contributed by atoms with E-state index in [2.05, 4.69) is 22.2 Å². The molecule has 0 amide bonds. The highest BCUT2D eigenvalue weighted by Gasteiger charge is 2.35. The second-order valence-corrected chi connectivity index (χ2v) is 6.49. The first-order chi connectivity index (χ1) is 12.8. The minimum absolute atomic E-state index is 0.119. The molecule has 1 fully saturated rings. The first-order valence-electron chi connectivity index (χ1n) is 8.45. The maximum Gasteiger partial charge on any atom is 0.418 e. The summed E-state index contributed by atoms with van der Waals surface area (Å²) in [5.41, 5.74) is -1.65. The van der Waals surface area contributed by atoms with E-state index < -0.39 is 22.4 Å². The molecule has 144 valence electrons. The van der Waals surface area contributed by atoms with Crippen molar-refractivity contribution < 1.29 is 18.1 Å². The molecule has 1 saturated heterocycles. The molecule has 2 heterocycles. The summed E-state index contributed by atoms with van der Waals surface area (Å²) in [5, 5.41) is 14.1. The van der Waals surface area contributed by atoms with Crippen LogP contribution >= 0.6 is 0 Å². The van der Waals surface area contributed by atoms with Crippen LogP contribution in [0.2, 0.25) is 0 Å². The van der Waals surface area contributed by atoms with Gasteiger partial charge in [-0.25, -0.2) is 9.97 Å². The lowest BCUT2D eigenvalue weighted by Crippen LogP contribution is -2.34. The van der Waals surface area contributed by atoms with Gasteiger partial charge in [0.1, 0.15) is 6.33 Å². The number of benzene rings is 1. The molecule has 1 aromatic carbocycles. The number of piperidine rings is 1. The van der Waals surface area contributed by atoms with Crippen molar-refractivity contribution in [3.05, 3.63) is 46.3 Å². The Hall–Kier alpha value is -2.91. The third-order valence-electron chi connectivity index (χ3n) is 4.55. The SMILES string of the molecule is CC1CCN(c2ncnc(Nc3ccccc3C(F)(F)F)c2[N+](=O)[O-])CC1. The van der Waals surface area contributed by atoms with Gasteiger partial charge in [-0.3, -0.25) is 10.1 Å². The Bertz CT molecular complexity index is 836. The number of halogens is 3. The number of hydrogen-bond donors (Lipinski definition) is 1. The Labute approximate surface area is 153 Å². The Morgan fingerprint density at radius 3 is 2.52 bits per heavy atom. The molecule has 10 heteroatoms. The van der Waals surface area contributed by atoms with Gasteiger partial charge in [0.2, 0.25) is 11.6 Å². The molecule has 1 aromatic heterocycles. The Balaban J connectivity index is 2.00. The van der Waals surface area contributed by atoms with Crippen molar-refractivity contribution >= 4 is 23.0 Å².